The van der Waals surface area contributed by atoms with Crippen molar-refractivity contribution in [3.05, 3.63) is 63.6 Å². The predicted molar refractivity (Wildman–Crippen MR) is 107 cm³/mol. The van der Waals surface area contributed by atoms with E-state index in [1.807, 2.05) is 38.1 Å². The molecule has 0 atom stereocenters. The van der Waals surface area contributed by atoms with Gasteiger partial charge >= 0.3 is 0 Å². The van der Waals surface area contributed by atoms with Crippen LogP contribution >= 0.6 is 35.0 Å². The molecule has 0 aliphatic rings. The van der Waals surface area contributed by atoms with E-state index in [0.717, 1.165) is 22.8 Å². The Bertz CT molecular complexity index is 705. The van der Waals surface area contributed by atoms with E-state index in [4.69, 9.17) is 27.9 Å². The van der Waals surface area contributed by atoms with Crippen molar-refractivity contribution in [3.63, 3.8) is 0 Å². The molecule has 1 N–H and O–H groups in total. The van der Waals surface area contributed by atoms with E-state index in [1.165, 1.54) is 0 Å². The Hall–Kier alpha value is -1.36. The lowest BCUT2D eigenvalue weighted by Crippen LogP contribution is -2.25. The minimum Gasteiger partial charge on any atom is -0.491 e. The van der Waals surface area contributed by atoms with Crippen LogP contribution in [0.4, 0.5) is 0 Å². The second-order valence-corrected chi connectivity index (χ2v) is 7.67. The van der Waals surface area contributed by atoms with Gasteiger partial charge in [0.15, 0.2) is 0 Å². The van der Waals surface area contributed by atoms with Crippen LogP contribution in [0.25, 0.3) is 0 Å². The molecule has 0 aromatic heterocycles. The van der Waals surface area contributed by atoms with Gasteiger partial charge in [-0.3, -0.25) is 4.79 Å². The molecule has 0 fully saturated rings. The van der Waals surface area contributed by atoms with E-state index in [9.17, 15) is 4.79 Å². The number of carbonyl (C=O) groups excluding carboxylic acids is 1. The van der Waals surface area contributed by atoms with Gasteiger partial charge in [-0.2, -0.15) is 11.8 Å². The summed E-state index contributed by atoms with van der Waals surface area (Å²) in [7, 11) is 0. The van der Waals surface area contributed by atoms with Gasteiger partial charge in [-0.15, -0.1) is 0 Å². The van der Waals surface area contributed by atoms with Gasteiger partial charge in [0.1, 0.15) is 5.75 Å². The minimum absolute atomic E-state index is 0.0776. The van der Waals surface area contributed by atoms with Gasteiger partial charge in [0.2, 0.25) is 0 Å². The van der Waals surface area contributed by atoms with E-state index >= 15 is 0 Å². The smallest absolute Gasteiger partial charge is 0.251 e. The van der Waals surface area contributed by atoms with Crippen LogP contribution in [0.5, 0.6) is 5.75 Å². The number of ether oxygens (including phenoxy) is 1. The zero-order valence-electron chi connectivity index (χ0n) is 14.2. The number of thioether (sulfide) groups is 1. The third-order valence-electron chi connectivity index (χ3n) is 3.27. The molecule has 0 saturated carbocycles. The molecule has 0 saturated heterocycles. The summed E-state index contributed by atoms with van der Waals surface area (Å²) in [6, 6.07) is 12.8. The lowest BCUT2D eigenvalue weighted by atomic mass is 10.2. The highest BCUT2D eigenvalue weighted by Crippen LogP contribution is 2.24. The molecule has 0 aliphatic heterocycles. The molecule has 3 nitrogen and oxygen atoms in total. The van der Waals surface area contributed by atoms with Gasteiger partial charge in [0.25, 0.3) is 5.91 Å². The lowest BCUT2D eigenvalue weighted by Gasteiger charge is -2.10. The van der Waals surface area contributed by atoms with E-state index in [2.05, 4.69) is 5.32 Å². The summed E-state index contributed by atoms with van der Waals surface area (Å²) in [6.45, 7) is 4.54. The fraction of sp³-hybridized carbons (Fsp3) is 0.316. The number of carbonyl (C=O) groups is 1. The van der Waals surface area contributed by atoms with Crippen LogP contribution in [0, 0.1) is 0 Å². The van der Waals surface area contributed by atoms with E-state index in [-0.39, 0.29) is 12.0 Å². The van der Waals surface area contributed by atoms with Crippen molar-refractivity contribution in [2.24, 2.45) is 0 Å². The molecule has 2 rings (SSSR count). The topological polar surface area (TPSA) is 38.3 Å². The van der Waals surface area contributed by atoms with Crippen LogP contribution < -0.4 is 10.1 Å². The van der Waals surface area contributed by atoms with Gasteiger partial charge in [-0.25, -0.2) is 0 Å². The Morgan fingerprint density at radius 2 is 1.84 bits per heavy atom. The van der Waals surface area contributed by atoms with Crippen LogP contribution in [0.3, 0.4) is 0 Å². The highest BCUT2D eigenvalue weighted by molar-refractivity contribution is 7.98. The van der Waals surface area contributed by atoms with E-state index < -0.39 is 0 Å². The number of rotatable bonds is 8. The SMILES string of the molecule is CC(C)Oc1ccc(C(=O)NCCSCc2ccc(Cl)c(Cl)c2)cc1. The second-order valence-electron chi connectivity index (χ2n) is 5.75. The molecule has 25 heavy (non-hydrogen) atoms. The lowest BCUT2D eigenvalue weighted by molar-refractivity contribution is 0.0956. The minimum atomic E-state index is -0.0776. The monoisotopic (exact) mass is 397 g/mol. The van der Waals surface area contributed by atoms with Gasteiger partial charge in [0, 0.05) is 23.6 Å². The van der Waals surface area contributed by atoms with Crippen molar-refractivity contribution < 1.29 is 9.53 Å². The molecule has 0 bridgehead atoms. The van der Waals surface area contributed by atoms with Crippen molar-refractivity contribution in [2.45, 2.75) is 25.7 Å². The highest BCUT2D eigenvalue weighted by atomic mass is 35.5. The first-order chi connectivity index (χ1) is 12.0. The maximum absolute atomic E-state index is 12.1. The Morgan fingerprint density at radius 1 is 1.12 bits per heavy atom. The van der Waals surface area contributed by atoms with E-state index in [1.54, 1.807) is 30.0 Å². The van der Waals surface area contributed by atoms with Gasteiger partial charge in [-0.05, 0) is 55.8 Å². The number of halogens is 2. The van der Waals surface area contributed by atoms with Crippen LogP contribution in [0.1, 0.15) is 29.8 Å². The summed E-state index contributed by atoms with van der Waals surface area (Å²) in [4.78, 5) is 12.1. The van der Waals surface area contributed by atoms with Crippen molar-refractivity contribution >= 4 is 40.9 Å². The zero-order chi connectivity index (χ0) is 18.2. The third kappa shape index (κ3) is 6.81. The first-order valence-corrected chi connectivity index (χ1v) is 9.93. The summed E-state index contributed by atoms with van der Waals surface area (Å²) in [6.07, 6.45) is 0.118. The van der Waals surface area contributed by atoms with Gasteiger partial charge < -0.3 is 10.1 Å². The Morgan fingerprint density at radius 3 is 2.48 bits per heavy atom. The molecule has 2 aromatic rings. The number of hydrogen-bond acceptors (Lipinski definition) is 3. The first-order valence-electron chi connectivity index (χ1n) is 8.02. The first kappa shape index (κ1) is 20.0. The number of hydrogen-bond donors (Lipinski definition) is 1. The van der Waals surface area contributed by atoms with Crippen molar-refractivity contribution in [2.75, 3.05) is 12.3 Å². The summed E-state index contributed by atoms with van der Waals surface area (Å²) >= 11 is 13.6. The maximum atomic E-state index is 12.1. The molecule has 6 heteroatoms. The van der Waals surface area contributed by atoms with Crippen LogP contribution in [-0.4, -0.2) is 24.3 Å². The number of benzene rings is 2. The highest BCUT2D eigenvalue weighted by Gasteiger charge is 2.06. The summed E-state index contributed by atoms with van der Waals surface area (Å²) in [5.74, 6) is 2.34. The molecule has 0 spiro atoms. The molecular formula is C19H21Cl2NO2S. The Kier molecular flexibility index (Phi) is 7.94. The molecular weight excluding hydrogens is 377 g/mol. The third-order valence-corrected chi connectivity index (χ3v) is 5.04. The van der Waals surface area contributed by atoms with Crippen LogP contribution in [0.2, 0.25) is 10.0 Å². The van der Waals surface area contributed by atoms with E-state index in [0.29, 0.717) is 22.2 Å². The van der Waals surface area contributed by atoms with Gasteiger partial charge in [-0.1, -0.05) is 29.3 Å². The Balaban J connectivity index is 1.70. The van der Waals surface area contributed by atoms with Crippen LogP contribution in [0.15, 0.2) is 42.5 Å². The fourth-order valence-electron chi connectivity index (χ4n) is 2.12. The molecule has 2 aromatic carbocycles. The van der Waals surface area contributed by atoms with Crippen molar-refractivity contribution in [3.8, 4) is 5.75 Å². The average molecular weight is 398 g/mol. The average Bonchev–Trinajstić information content (AvgIpc) is 2.57. The molecule has 134 valence electrons. The summed E-state index contributed by atoms with van der Waals surface area (Å²) in [5, 5.41) is 4.05. The van der Waals surface area contributed by atoms with Crippen LogP contribution in [-0.2, 0) is 5.75 Å². The molecule has 0 heterocycles. The quantitative estimate of drug-likeness (QED) is 0.602. The number of nitrogens with one attached hydrogen (secondary N) is 1. The van der Waals surface area contributed by atoms with Crippen molar-refractivity contribution in [1.29, 1.82) is 0 Å². The van der Waals surface area contributed by atoms with Crippen molar-refractivity contribution in [1.82, 2.24) is 5.32 Å². The fourth-order valence-corrected chi connectivity index (χ4v) is 3.24. The summed E-state index contributed by atoms with van der Waals surface area (Å²) in [5.41, 5.74) is 1.75. The maximum Gasteiger partial charge on any atom is 0.251 e. The molecule has 1 amide bonds. The number of amides is 1. The molecule has 0 radical (unpaired) electrons. The van der Waals surface area contributed by atoms with Gasteiger partial charge in [0.05, 0.1) is 16.1 Å². The standard InChI is InChI=1S/C19H21Cl2NO2S/c1-13(2)24-16-6-4-15(5-7-16)19(23)22-9-10-25-12-14-3-8-17(20)18(21)11-14/h3-8,11,13H,9-10,12H2,1-2H3,(H,22,23). The normalized spacial score (nSPS) is 10.8. The largest absolute Gasteiger partial charge is 0.491 e. The summed E-state index contributed by atoms with van der Waals surface area (Å²) < 4.78 is 5.57. The predicted octanol–water partition coefficient (Wildman–Crippen LogP) is 5.44. The molecule has 0 unspecified atom stereocenters. The zero-order valence-corrected chi connectivity index (χ0v) is 16.5. The Labute approximate surface area is 163 Å². The molecule has 0 aliphatic carbocycles. The second kappa shape index (κ2) is 9.95.